The van der Waals surface area contributed by atoms with Crippen molar-refractivity contribution in [1.82, 2.24) is 0 Å². The molecule has 2 bridgehead atoms. The molecule has 0 aromatic rings. The second-order valence-electron chi connectivity index (χ2n) is 15.0. The van der Waals surface area contributed by atoms with Gasteiger partial charge < -0.3 is 9.47 Å². The van der Waals surface area contributed by atoms with E-state index in [9.17, 15) is 4.79 Å². The smallest absolute Gasteiger partial charge is 0.306 e. The molecule has 5 aliphatic rings. The van der Waals surface area contributed by atoms with E-state index in [0.29, 0.717) is 41.1 Å². The second kappa shape index (κ2) is 8.62. The third-order valence-electron chi connectivity index (χ3n) is 13.2. The third kappa shape index (κ3) is 3.52. The van der Waals surface area contributed by atoms with Crippen LogP contribution in [0.15, 0.2) is 12.2 Å². The van der Waals surface area contributed by atoms with Crippen LogP contribution >= 0.6 is 0 Å². The molecule has 36 heavy (non-hydrogen) atoms. The van der Waals surface area contributed by atoms with Crippen molar-refractivity contribution in [1.29, 1.82) is 0 Å². The Kier molecular flexibility index (Phi) is 6.31. The number of carbonyl (C=O) groups is 1. The lowest BCUT2D eigenvalue weighted by molar-refractivity contribution is -0.224. The standard InChI is InChI=1S/C33H50O3/c1-9-20-35-26(34)13-14-30(6)23(22(2)3)12-15-32(8)25(30)11-10-24-27-28-29(4,5)16-18-33(27,21-36-28)19-17-31(24,32)7/h1,23-25,27-28H,2,10-21H2,3-8H3/t23-,24+,25+,27-,28+,30-,31+,32+,33+/m0/s1. The van der Waals surface area contributed by atoms with Gasteiger partial charge in [-0.25, -0.2) is 0 Å². The summed E-state index contributed by atoms with van der Waals surface area (Å²) in [6, 6.07) is 0. The maximum absolute atomic E-state index is 12.5. The first kappa shape index (κ1) is 26.3. The van der Waals surface area contributed by atoms with E-state index in [-0.39, 0.29) is 28.8 Å². The predicted octanol–water partition coefficient (Wildman–Crippen LogP) is 7.59. The molecule has 5 fully saturated rings. The van der Waals surface area contributed by atoms with Crippen molar-refractivity contribution in [2.75, 3.05) is 13.2 Å². The first-order valence-corrected chi connectivity index (χ1v) is 14.7. The lowest BCUT2D eigenvalue weighted by Crippen LogP contribution is -2.65. The third-order valence-corrected chi connectivity index (χ3v) is 13.2. The van der Waals surface area contributed by atoms with Crippen LogP contribution in [0, 0.1) is 63.1 Å². The van der Waals surface area contributed by atoms with Crippen LogP contribution in [0.3, 0.4) is 0 Å². The predicted molar refractivity (Wildman–Crippen MR) is 145 cm³/mol. The highest BCUT2D eigenvalue weighted by Crippen LogP contribution is 2.76. The van der Waals surface area contributed by atoms with E-state index in [1.54, 1.807) is 0 Å². The topological polar surface area (TPSA) is 35.5 Å². The Hall–Kier alpha value is -1.27. The Balaban J connectivity index is 1.48. The van der Waals surface area contributed by atoms with Gasteiger partial charge in [0, 0.05) is 6.42 Å². The van der Waals surface area contributed by atoms with Crippen LogP contribution in [-0.2, 0) is 14.3 Å². The molecule has 1 saturated heterocycles. The lowest BCUT2D eigenvalue weighted by Gasteiger charge is -2.71. The summed E-state index contributed by atoms with van der Waals surface area (Å²) in [6.45, 7) is 20.4. The largest absolute Gasteiger partial charge is 0.452 e. The summed E-state index contributed by atoms with van der Waals surface area (Å²) in [7, 11) is 0. The minimum Gasteiger partial charge on any atom is -0.452 e. The number of carbonyl (C=O) groups excluding carboxylic acids is 1. The second-order valence-corrected chi connectivity index (χ2v) is 15.0. The Morgan fingerprint density at radius 2 is 1.75 bits per heavy atom. The average molecular weight is 495 g/mol. The number of terminal acetylenes is 1. The van der Waals surface area contributed by atoms with Crippen LogP contribution < -0.4 is 0 Å². The van der Waals surface area contributed by atoms with Crippen molar-refractivity contribution < 1.29 is 14.3 Å². The molecular weight excluding hydrogens is 444 g/mol. The summed E-state index contributed by atoms with van der Waals surface area (Å²) in [6.07, 6.45) is 17.4. The Morgan fingerprint density at radius 3 is 2.44 bits per heavy atom. The molecule has 0 spiro atoms. The average Bonchev–Trinajstić information content (AvgIpc) is 3.15. The van der Waals surface area contributed by atoms with Crippen LogP contribution in [0.4, 0.5) is 0 Å². The minimum atomic E-state index is -0.153. The molecule has 3 heteroatoms. The van der Waals surface area contributed by atoms with Crippen molar-refractivity contribution in [2.24, 2.45) is 50.7 Å². The van der Waals surface area contributed by atoms with Crippen molar-refractivity contribution in [3.8, 4) is 12.3 Å². The van der Waals surface area contributed by atoms with Crippen LogP contribution in [-0.4, -0.2) is 25.3 Å². The maximum Gasteiger partial charge on any atom is 0.306 e. The Morgan fingerprint density at radius 1 is 1.03 bits per heavy atom. The minimum absolute atomic E-state index is 0.0540. The van der Waals surface area contributed by atoms with E-state index in [1.807, 2.05) is 0 Å². The molecule has 0 radical (unpaired) electrons. The van der Waals surface area contributed by atoms with Gasteiger partial charge in [0.2, 0.25) is 0 Å². The van der Waals surface area contributed by atoms with Gasteiger partial charge in [-0.2, -0.15) is 0 Å². The van der Waals surface area contributed by atoms with E-state index >= 15 is 0 Å². The zero-order valence-electron chi connectivity index (χ0n) is 23.9. The zero-order chi connectivity index (χ0) is 26.1. The molecule has 1 aliphatic heterocycles. The van der Waals surface area contributed by atoms with Gasteiger partial charge in [-0.1, -0.05) is 52.7 Å². The fraction of sp³-hybridized carbons (Fsp3) is 0.848. The monoisotopic (exact) mass is 494 g/mol. The fourth-order valence-corrected chi connectivity index (χ4v) is 11.1. The van der Waals surface area contributed by atoms with E-state index in [4.69, 9.17) is 15.9 Å². The van der Waals surface area contributed by atoms with E-state index in [1.165, 1.54) is 56.9 Å². The quantitative estimate of drug-likeness (QED) is 0.224. The normalized spacial score (nSPS) is 48.6. The molecule has 1 heterocycles. The molecule has 200 valence electrons. The molecule has 3 nitrogen and oxygen atoms in total. The van der Waals surface area contributed by atoms with Crippen LogP contribution in [0.1, 0.15) is 106 Å². The molecule has 5 rings (SSSR count). The number of hydrogen-bond donors (Lipinski definition) is 0. The highest BCUT2D eigenvalue weighted by Gasteiger charge is 2.71. The number of allylic oxidation sites excluding steroid dienone is 1. The SMILES string of the molecule is C#CCOC(=O)CC[C@]1(C)[C@H]2CC[C@@H]3[C@H]4[C@H]5OC[C@@]4(CCC5(C)C)CC[C@@]3(C)[C@]2(C)CC[C@H]1C(=C)C. The lowest BCUT2D eigenvalue weighted by atomic mass is 9.33. The van der Waals surface area contributed by atoms with Crippen LogP contribution in [0.5, 0.6) is 0 Å². The van der Waals surface area contributed by atoms with Crippen LogP contribution in [0.2, 0.25) is 0 Å². The van der Waals surface area contributed by atoms with Gasteiger partial charge in [-0.05, 0) is 115 Å². The number of rotatable bonds is 5. The summed E-state index contributed by atoms with van der Waals surface area (Å²) in [5, 5.41) is 0. The van der Waals surface area contributed by atoms with E-state index in [2.05, 4.69) is 54.0 Å². The van der Waals surface area contributed by atoms with Crippen molar-refractivity contribution in [2.45, 2.75) is 112 Å². The van der Waals surface area contributed by atoms with Gasteiger partial charge in [0.1, 0.15) is 0 Å². The summed E-state index contributed by atoms with van der Waals surface area (Å²) in [5.41, 5.74) is 2.62. The summed E-state index contributed by atoms with van der Waals surface area (Å²) in [5.74, 6) is 4.78. The summed E-state index contributed by atoms with van der Waals surface area (Å²) < 4.78 is 12.0. The number of hydrogen-bond acceptors (Lipinski definition) is 3. The van der Waals surface area contributed by atoms with Gasteiger partial charge in [-0.15, -0.1) is 6.42 Å². The highest BCUT2D eigenvalue weighted by atomic mass is 16.5. The Labute approximate surface area is 220 Å². The molecule has 0 aromatic carbocycles. The van der Waals surface area contributed by atoms with E-state index in [0.717, 1.165) is 18.9 Å². The van der Waals surface area contributed by atoms with Crippen LogP contribution in [0.25, 0.3) is 0 Å². The molecule has 0 unspecified atom stereocenters. The Bertz CT molecular complexity index is 958. The molecule has 4 saturated carbocycles. The van der Waals surface area contributed by atoms with Gasteiger partial charge in [0.05, 0.1) is 12.7 Å². The first-order chi connectivity index (χ1) is 16.8. The van der Waals surface area contributed by atoms with Gasteiger partial charge >= 0.3 is 5.97 Å². The molecule has 9 atom stereocenters. The number of esters is 1. The van der Waals surface area contributed by atoms with E-state index < -0.39 is 0 Å². The maximum atomic E-state index is 12.5. The molecule has 0 amide bonds. The molecule has 0 aromatic heterocycles. The highest BCUT2D eigenvalue weighted by molar-refractivity contribution is 5.69. The molecule has 0 N–H and O–H groups in total. The molecular formula is C33H50O3. The fourth-order valence-electron chi connectivity index (χ4n) is 11.1. The zero-order valence-corrected chi connectivity index (χ0v) is 23.9. The number of fused-ring (bicyclic) bond motifs is 3. The summed E-state index contributed by atoms with van der Waals surface area (Å²) >= 11 is 0. The molecule has 4 aliphatic carbocycles. The van der Waals surface area contributed by atoms with Gasteiger partial charge in [0.25, 0.3) is 0 Å². The van der Waals surface area contributed by atoms with Crippen molar-refractivity contribution in [3.63, 3.8) is 0 Å². The van der Waals surface area contributed by atoms with Crippen molar-refractivity contribution >= 4 is 5.97 Å². The van der Waals surface area contributed by atoms with Gasteiger partial charge in [0.15, 0.2) is 6.61 Å². The first-order valence-electron chi connectivity index (χ1n) is 14.7. The van der Waals surface area contributed by atoms with Crippen molar-refractivity contribution in [3.05, 3.63) is 12.2 Å². The number of ether oxygens (including phenoxy) is 2. The summed E-state index contributed by atoms with van der Waals surface area (Å²) in [4.78, 5) is 12.5. The van der Waals surface area contributed by atoms with Gasteiger partial charge in [-0.3, -0.25) is 4.79 Å².